The van der Waals surface area contributed by atoms with Crippen LogP contribution in [0.4, 0.5) is 4.39 Å². The first-order valence-corrected chi connectivity index (χ1v) is 13.9. The summed E-state index contributed by atoms with van der Waals surface area (Å²) in [5.74, 6) is -1.11. The van der Waals surface area contributed by atoms with E-state index in [1.54, 1.807) is 64.2 Å². The van der Waals surface area contributed by atoms with E-state index in [1.807, 2.05) is 0 Å². The van der Waals surface area contributed by atoms with Crippen LogP contribution in [0.1, 0.15) is 32.6 Å². The third-order valence-electron chi connectivity index (χ3n) is 5.39. The van der Waals surface area contributed by atoms with Gasteiger partial charge in [-0.1, -0.05) is 37.3 Å². The van der Waals surface area contributed by atoms with E-state index in [2.05, 4.69) is 4.98 Å². The lowest BCUT2D eigenvalue weighted by Crippen LogP contribution is -2.32. The molecule has 2 N–H and O–H groups in total. The average molecular weight is 561 g/mol. The molecule has 1 aromatic carbocycles. The normalized spacial score (nSPS) is 24.3. The Labute approximate surface area is 219 Å². The lowest BCUT2D eigenvalue weighted by molar-refractivity contribution is -0.151. The number of esters is 1. The van der Waals surface area contributed by atoms with Gasteiger partial charge in [0.1, 0.15) is 22.6 Å². The Morgan fingerprint density at radius 3 is 2.58 bits per heavy atom. The number of ether oxygens (including phenoxy) is 2. The molecule has 13 heteroatoms. The summed E-state index contributed by atoms with van der Waals surface area (Å²) in [5.41, 5.74) is 0.645. The lowest BCUT2D eigenvalue weighted by atomic mass is 10.1. The average Bonchev–Trinajstić information content (AvgIpc) is 3.08. The second-order valence-electron chi connectivity index (χ2n) is 8.86. The van der Waals surface area contributed by atoms with Gasteiger partial charge in [0.15, 0.2) is 17.2 Å². The highest BCUT2D eigenvalue weighted by molar-refractivity contribution is 7.72. The fourth-order valence-corrected chi connectivity index (χ4v) is 5.89. The first kappa shape index (κ1) is 28.6. The van der Waals surface area contributed by atoms with Gasteiger partial charge in [-0.2, -0.15) is 0 Å². The highest BCUT2D eigenvalue weighted by atomic mass is 32.1. The monoisotopic (exact) mass is 560 g/mol. The molecule has 2 aromatic rings. The number of alkyl halides is 1. The SMILES string of the molecule is Cc1cn([C@H]2O[C@@H](CO[P@@](=O)(C[C@@H](C)C(=O)OC(C)C)Oc3ccccc3)C(O)[C@H]2F)c(=S)[nH]c1=S. The molecule has 1 aliphatic rings. The molecule has 1 unspecified atom stereocenters. The summed E-state index contributed by atoms with van der Waals surface area (Å²) in [4.78, 5) is 15.1. The van der Waals surface area contributed by atoms with Crippen LogP contribution in [0.2, 0.25) is 0 Å². The minimum Gasteiger partial charge on any atom is -0.463 e. The van der Waals surface area contributed by atoms with Crippen molar-refractivity contribution in [2.24, 2.45) is 5.92 Å². The number of nitrogens with zero attached hydrogens (tertiary/aromatic N) is 1. The fourth-order valence-electron chi connectivity index (χ4n) is 3.54. The summed E-state index contributed by atoms with van der Waals surface area (Å²) < 4.78 is 52.8. The molecule has 36 heavy (non-hydrogen) atoms. The minimum atomic E-state index is -3.97. The number of para-hydroxylation sites is 1. The van der Waals surface area contributed by atoms with Crippen LogP contribution >= 0.6 is 32.0 Å². The van der Waals surface area contributed by atoms with Crippen molar-refractivity contribution in [1.29, 1.82) is 0 Å². The van der Waals surface area contributed by atoms with E-state index in [-0.39, 0.29) is 22.8 Å². The molecule has 0 radical (unpaired) electrons. The standard InChI is InChI=1S/C23H30FN2O7PS2/c1-13(2)31-22(28)15(4)12-34(29,33-16-8-6-5-7-9-16)30-11-17-19(27)18(24)21(32-17)26-10-14(3)20(35)25-23(26)36/h5-10,13,15,17-19,21,27H,11-12H2,1-4H3,(H,25,35,36)/t15-,17+,18-,19?,21+,34+/m1/s1. The summed E-state index contributed by atoms with van der Waals surface area (Å²) >= 11 is 10.4. The van der Waals surface area contributed by atoms with Crippen molar-refractivity contribution in [2.75, 3.05) is 12.8 Å². The molecular weight excluding hydrogens is 530 g/mol. The third-order valence-corrected chi connectivity index (χ3v) is 8.15. The molecule has 1 fully saturated rings. The molecule has 6 atom stereocenters. The predicted octanol–water partition coefficient (Wildman–Crippen LogP) is 5.06. The number of aromatic amines is 1. The van der Waals surface area contributed by atoms with Crippen LogP contribution in [0.3, 0.4) is 0 Å². The minimum absolute atomic E-state index is 0.127. The second kappa shape index (κ2) is 12.1. The maximum atomic E-state index is 15.0. The highest BCUT2D eigenvalue weighted by Crippen LogP contribution is 2.50. The third kappa shape index (κ3) is 7.08. The highest BCUT2D eigenvalue weighted by Gasteiger charge is 2.46. The Kier molecular flexibility index (Phi) is 9.59. The van der Waals surface area contributed by atoms with E-state index in [9.17, 15) is 14.5 Å². The Balaban J connectivity index is 1.77. The van der Waals surface area contributed by atoms with Gasteiger partial charge < -0.3 is 24.1 Å². The number of hydrogen-bond acceptors (Lipinski definition) is 9. The first-order valence-electron chi connectivity index (χ1n) is 11.4. The number of halogens is 1. The number of benzene rings is 1. The quantitative estimate of drug-likeness (QED) is 0.234. The molecule has 198 valence electrons. The van der Waals surface area contributed by atoms with E-state index in [1.165, 1.54) is 4.57 Å². The number of carbonyl (C=O) groups is 1. The van der Waals surface area contributed by atoms with Gasteiger partial charge >= 0.3 is 13.6 Å². The summed E-state index contributed by atoms with van der Waals surface area (Å²) in [6, 6.07) is 8.31. The number of H-pyrrole nitrogens is 1. The molecule has 1 aromatic heterocycles. The smallest absolute Gasteiger partial charge is 0.380 e. The van der Waals surface area contributed by atoms with Crippen LogP contribution in [-0.4, -0.2) is 57.9 Å². The summed E-state index contributed by atoms with van der Waals surface area (Å²) in [6.07, 6.45) is -4.96. The molecule has 0 spiro atoms. The number of aliphatic hydroxyl groups excluding tert-OH is 1. The number of aryl methyl sites for hydroxylation is 1. The Morgan fingerprint density at radius 2 is 1.94 bits per heavy atom. The van der Waals surface area contributed by atoms with Crippen molar-refractivity contribution >= 4 is 38.0 Å². The molecule has 2 heterocycles. The van der Waals surface area contributed by atoms with Crippen LogP contribution in [0.5, 0.6) is 5.75 Å². The van der Waals surface area contributed by atoms with E-state index in [0.717, 1.165) is 0 Å². The van der Waals surface area contributed by atoms with Crippen molar-refractivity contribution in [2.45, 2.75) is 58.4 Å². The molecule has 9 nitrogen and oxygen atoms in total. The first-order chi connectivity index (χ1) is 16.9. The molecule has 1 aliphatic heterocycles. The summed E-state index contributed by atoms with van der Waals surface area (Å²) in [5, 5.41) is 10.5. The van der Waals surface area contributed by atoms with E-state index in [4.69, 9.17) is 43.0 Å². The van der Waals surface area contributed by atoms with Crippen LogP contribution < -0.4 is 4.52 Å². The van der Waals surface area contributed by atoms with Gasteiger partial charge in [-0.25, -0.2) is 8.96 Å². The van der Waals surface area contributed by atoms with Gasteiger partial charge in [0, 0.05) is 11.8 Å². The summed E-state index contributed by atoms with van der Waals surface area (Å²) in [7, 11) is -3.97. The van der Waals surface area contributed by atoms with Gasteiger partial charge in [0.2, 0.25) is 0 Å². The van der Waals surface area contributed by atoms with Crippen molar-refractivity contribution in [3.05, 3.63) is 51.5 Å². The van der Waals surface area contributed by atoms with Crippen molar-refractivity contribution in [3.63, 3.8) is 0 Å². The molecule has 0 bridgehead atoms. The Hall–Kier alpha value is -1.95. The maximum Gasteiger partial charge on any atom is 0.380 e. The van der Waals surface area contributed by atoms with E-state index in [0.29, 0.717) is 10.2 Å². The number of aliphatic hydroxyl groups is 1. The van der Waals surface area contributed by atoms with Gasteiger partial charge in [0.25, 0.3) is 0 Å². The van der Waals surface area contributed by atoms with E-state index >= 15 is 4.39 Å². The number of rotatable bonds is 10. The zero-order valence-electron chi connectivity index (χ0n) is 20.3. The van der Waals surface area contributed by atoms with Crippen LogP contribution in [0.15, 0.2) is 36.5 Å². The molecule has 0 amide bonds. The number of hydrogen-bond donors (Lipinski definition) is 2. The van der Waals surface area contributed by atoms with Gasteiger partial charge in [0.05, 0.1) is 24.8 Å². The topological polar surface area (TPSA) is 112 Å². The predicted molar refractivity (Wildman–Crippen MR) is 136 cm³/mol. The maximum absolute atomic E-state index is 15.0. The molecule has 1 saturated heterocycles. The molecule has 0 saturated carbocycles. The molecule has 0 aliphatic carbocycles. The van der Waals surface area contributed by atoms with Crippen LogP contribution in [0.25, 0.3) is 0 Å². The van der Waals surface area contributed by atoms with Crippen molar-refractivity contribution in [3.8, 4) is 5.75 Å². The Morgan fingerprint density at radius 1 is 1.28 bits per heavy atom. The largest absolute Gasteiger partial charge is 0.463 e. The summed E-state index contributed by atoms with van der Waals surface area (Å²) in [6.45, 7) is 6.23. The lowest BCUT2D eigenvalue weighted by Gasteiger charge is -2.24. The zero-order valence-corrected chi connectivity index (χ0v) is 22.9. The van der Waals surface area contributed by atoms with E-state index < -0.39 is 50.7 Å². The zero-order chi connectivity index (χ0) is 26.6. The Bertz CT molecular complexity index is 1220. The second-order valence-corrected chi connectivity index (χ2v) is 11.7. The van der Waals surface area contributed by atoms with Crippen molar-refractivity contribution < 1.29 is 37.4 Å². The van der Waals surface area contributed by atoms with Gasteiger partial charge in [-0.15, -0.1) is 0 Å². The molecule has 3 rings (SSSR count). The molecular formula is C23H30FN2O7PS2. The fraction of sp³-hybridized carbons (Fsp3) is 0.522. The number of carbonyl (C=O) groups excluding carboxylic acids is 1. The number of nitrogens with one attached hydrogen (secondary N) is 1. The van der Waals surface area contributed by atoms with Gasteiger partial charge in [-0.05, 0) is 45.1 Å². The van der Waals surface area contributed by atoms with Crippen molar-refractivity contribution in [1.82, 2.24) is 9.55 Å². The number of aromatic nitrogens is 2. The van der Waals surface area contributed by atoms with Crippen LogP contribution in [-0.2, 0) is 23.4 Å². The van der Waals surface area contributed by atoms with Crippen LogP contribution in [0, 0.1) is 22.3 Å². The van der Waals surface area contributed by atoms with Gasteiger partial charge in [-0.3, -0.25) is 13.9 Å².